The van der Waals surface area contributed by atoms with Crippen LogP contribution in [0.1, 0.15) is 25.3 Å². The lowest BCUT2D eigenvalue weighted by atomic mass is 10.2. The first kappa shape index (κ1) is 16.4. The average Bonchev–Trinajstić information content (AvgIpc) is 2.54. The van der Waals surface area contributed by atoms with Crippen molar-refractivity contribution in [2.24, 2.45) is 5.10 Å². The lowest BCUT2D eigenvalue weighted by Gasteiger charge is -2.20. The monoisotopic (exact) mass is 323 g/mol. The van der Waals surface area contributed by atoms with Gasteiger partial charge >= 0.3 is 0 Å². The minimum absolute atomic E-state index is 0.509. The predicted octanol–water partition coefficient (Wildman–Crippen LogP) is 2.06. The van der Waals surface area contributed by atoms with Crippen LogP contribution >= 0.6 is 12.2 Å². The standard InChI is InChI=1S/C15H21N3O3S/c1-3-4-5-16-15(22)18-17-10-11-8-12(19-2)14-13(9-11)20-6-7-21-14/h8-10H,3-7H2,1-2H3,(H2,16,18,22)/b17-10-. The molecular weight excluding hydrogens is 302 g/mol. The fourth-order valence-electron chi connectivity index (χ4n) is 1.95. The summed E-state index contributed by atoms with van der Waals surface area (Å²) in [6.45, 7) is 4.03. The Hall–Kier alpha value is -2.02. The molecule has 0 bridgehead atoms. The summed E-state index contributed by atoms with van der Waals surface area (Å²) in [6.07, 6.45) is 3.86. The van der Waals surface area contributed by atoms with Gasteiger partial charge in [-0.1, -0.05) is 13.3 Å². The van der Waals surface area contributed by atoms with Crippen molar-refractivity contribution in [3.8, 4) is 17.2 Å². The summed E-state index contributed by atoms with van der Waals surface area (Å²) >= 11 is 5.12. The van der Waals surface area contributed by atoms with Crippen LogP contribution in [0.2, 0.25) is 0 Å². The van der Waals surface area contributed by atoms with Gasteiger partial charge in [0.25, 0.3) is 0 Å². The molecule has 0 saturated heterocycles. The van der Waals surface area contributed by atoms with Crippen LogP contribution < -0.4 is 25.0 Å². The Labute approximate surface area is 135 Å². The highest BCUT2D eigenvalue weighted by atomic mass is 32.1. The molecule has 1 aromatic rings. The van der Waals surface area contributed by atoms with Gasteiger partial charge in [0, 0.05) is 12.1 Å². The van der Waals surface area contributed by atoms with E-state index in [1.54, 1.807) is 13.3 Å². The SMILES string of the molecule is CCCCNC(=S)N/N=C\c1cc(OC)c2c(c1)OCCO2. The Morgan fingerprint density at radius 2 is 2.23 bits per heavy atom. The normalized spacial score (nSPS) is 13.0. The number of nitrogens with zero attached hydrogens (tertiary/aromatic N) is 1. The average molecular weight is 323 g/mol. The van der Waals surface area contributed by atoms with E-state index in [-0.39, 0.29) is 0 Å². The molecule has 0 radical (unpaired) electrons. The first-order valence-electron chi connectivity index (χ1n) is 7.29. The Balaban J connectivity index is 1.97. The lowest BCUT2D eigenvalue weighted by molar-refractivity contribution is 0.165. The number of thiocarbonyl (C=S) groups is 1. The molecule has 0 spiro atoms. The molecule has 2 rings (SSSR count). The summed E-state index contributed by atoms with van der Waals surface area (Å²) in [5.41, 5.74) is 3.62. The van der Waals surface area contributed by atoms with Crippen molar-refractivity contribution in [2.75, 3.05) is 26.9 Å². The summed E-state index contributed by atoms with van der Waals surface area (Å²) < 4.78 is 16.5. The first-order chi connectivity index (χ1) is 10.7. The molecule has 0 fully saturated rings. The van der Waals surface area contributed by atoms with Crippen molar-refractivity contribution in [1.29, 1.82) is 0 Å². The van der Waals surface area contributed by atoms with Gasteiger partial charge in [-0.15, -0.1) is 0 Å². The summed E-state index contributed by atoms with van der Waals surface area (Å²) in [7, 11) is 1.60. The Morgan fingerprint density at radius 3 is 3.00 bits per heavy atom. The summed E-state index contributed by atoms with van der Waals surface area (Å²) in [5.74, 6) is 1.92. The molecule has 0 aliphatic carbocycles. The number of unbranched alkanes of at least 4 members (excludes halogenated alkanes) is 1. The molecule has 1 aliphatic heterocycles. The Bertz CT molecular complexity index is 532. The summed E-state index contributed by atoms with van der Waals surface area (Å²) in [4.78, 5) is 0. The third kappa shape index (κ3) is 4.49. The number of ether oxygens (including phenoxy) is 3. The van der Waals surface area contributed by atoms with Crippen LogP contribution in [0.5, 0.6) is 17.2 Å². The highest BCUT2D eigenvalue weighted by Crippen LogP contribution is 2.39. The van der Waals surface area contributed by atoms with E-state index < -0.39 is 0 Å². The van der Waals surface area contributed by atoms with E-state index in [0.29, 0.717) is 35.6 Å². The van der Waals surface area contributed by atoms with Crippen LogP contribution in [-0.2, 0) is 0 Å². The molecule has 0 amide bonds. The van der Waals surface area contributed by atoms with Crippen molar-refractivity contribution in [1.82, 2.24) is 10.7 Å². The zero-order valence-corrected chi connectivity index (χ0v) is 13.7. The molecule has 22 heavy (non-hydrogen) atoms. The minimum atomic E-state index is 0.509. The van der Waals surface area contributed by atoms with Crippen molar-refractivity contribution in [3.63, 3.8) is 0 Å². The third-order valence-electron chi connectivity index (χ3n) is 3.05. The topological polar surface area (TPSA) is 64.1 Å². The molecule has 1 heterocycles. The van der Waals surface area contributed by atoms with Gasteiger partial charge in [-0.05, 0) is 30.8 Å². The smallest absolute Gasteiger partial charge is 0.203 e. The Kier molecular flexibility index (Phi) is 6.27. The molecule has 0 atom stereocenters. The van der Waals surface area contributed by atoms with Gasteiger partial charge in [0.15, 0.2) is 16.6 Å². The number of hydrazone groups is 1. The van der Waals surface area contributed by atoms with Crippen LogP contribution in [0, 0.1) is 0 Å². The number of rotatable bonds is 6. The highest BCUT2D eigenvalue weighted by molar-refractivity contribution is 7.80. The van der Waals surface area contributed by atoms with Crippen molar-refractivity contribution in [2.45, 2.75) is 19.8 Å². The van der Waals surface area contributed by atoms with Crippen molar-refractivity contribution in [3.05, 3.63) is 17.7 Å². The molecule has 2 N–H and O–H groups in total. The number of methoxy groups -OCH3 is 1. The van der Waals surface area contributed by atoms with Gasteiger partial charge in [0.05, 0.1) is 13.3 Å². The highest BCUT2D eigenvalue weighted by Gasteiger charge is 2.17. The second-order valence-electron chi connectivity index (χ2n) is 4.73. The molecule has 120 valence electrons. The molecule has 0 unspecified atom stereocenters. The van der Waals surface area contributed by atoms with E-state index in [1.807, 2.05) is 12.1 Å². The molecule has 7 heteroatoms. The van der Waals surface area contributed by atoms with Gasteiger partial charge in [-0.25, -0.2) is 0 Å². The van der Waals surface area contributed by atoms with Gasteiger partial charge in [0.1, 0.15) is 13.2 Å². The van der Waals surface area contributed by atoms with E-state index >= 15 is 0 Å². The second kappa shape index (κ2) is 8.43. The van der Waals surface area contributed by atoms with Gasteiger partial charge in [-0.2, -0.15) is 5.10 Å². The van der Waals surface area contributed by atoms with Crippen LogP contribution in [0.3, 0.4) is 0 Å². The molecule has 1 aromatic carbocycles. The maximum Gasteiger partial charge on any atom is 0.203 e. The van der Waals surface area contributed by atoms with Gasteiger partial charge < -0.3 is 19.5 Å². The number of benzene rings is 1. The summed E-state index contributed by atoms with van der Waals surface area (Å²) in [6, 6.07) is 3.70. The maximum absolute atomic E-state index is 5.57. The van der Waals surface area contributed by atoms with E-state index in [4.69, 9.17) is 26.4 Å². The first-order valence-corrected chi connectivity index (χ1v) is 7.70. The van der Waals surface area contributed by atoms with Crippen molar-refractivity contribution < 1.29 is 14.2 Å². The number of nitrogens with one attached hydrogen (secondary N) is 2. The number of hydrogen-bond donors (Lipinski definition) is 2. The number of fused-ring (bicyclic) bond motifs is 1. The molecule has 6 nitrogen and oxygen atoms in total. The maximum atomic E-state index is 5.57. The van der Waals surface area contributed by atoms with Crippen molar-refractivity contribution >= 4 is 23.5 Å². The Morgan fingerprint density at radius 1 is 1.41 bits per heavy atom. The van der Waals surface area contributed by atoms with E-state index in [9.17, 15) is 0 Å². The number of hydrogen-bond acceptors (Lipinski definition) is 5. The lowest BCUT2D eigenvalue weighted by Crippen LogP contribution is -2.32. The largest absolute Gasteiger partial charge is 0.493 e. The minimum Gasteiger partial charge on any atom is -0.493 e. The van der Waals surface area contributed by atoms with E-state index in [0.717, 1.165) is 24.9 Å². The zero-order valence-electron chi connectivity index (χ0n) is 12.8. The molecule has 0 aromatic heterocycles. The molecular formula is C15H21N3O3S. The van der Waals surface area contributed by atoms with Gasteiger partial charge in [0.2, 0.25) is 5.75 Å². The second-order valence-corrected chi connectivity index (χ2v) is 5.14. The van der Waals surface area contributed by atoms with Crippen LogP contribution in [-0.4, -0.2) is 38.2 Å². The molecule has 1 aliphatic rings. The third-order valence-corrected chi connectivity index (χ3v) is 3.28. The fourth-order valence-corrected chi connectivity index (χ4v) is 2.11. The quantitative estimate of drug-likeness (QED) is 0.362. The van der Waals surface area contributed by atoms with E-state index in [2.05, 4.69) is 22.8 Å². The zero-order chi connectivity index (χ0) is 15.8. The van der Waals surface area contributed by atoms with Crippen LogP contribution in [0.4, 0.5) is 0 Å². The molecule has 0 saturated carbocycles. The fraction of sp³-hybridized carbons (Fsp3) is 0.467. The van der Waals surface area contributed by atoms with E-state index in [1.165, 1.54) is 0 Å². The van der Waals surface area contributed by atoms with Crippen LogP contribution in [0.25, 0.3) is 0 Å². The summed E-state index contributed by atoms with van der Waals surface area (Å²) in [5, 5.41) is 7.70. The van der Waals surface area contributed by atoms with Gasteiger partial charge in [-0.3, -0.25) is 5.43 Å². The predicted molar refractivity (Wildman–Crippen MR) is 90.2 cm³/mol. The van der Waals surface area contributed by atoms with Crippen LogP contribution in [0.15, 0.2) is 17.2 Å².